The summed E-state index contributed by atoms with van der Waals surface area (Å²) in [4.78, 5) is 26.3. The molecule has 0 aliphatic rings. The number of carbonyl (C=O) groups excluding carboxylic acids is 1. The van der Waals surface area contributed by atoms with E-state index in [1.54, 1.807) is 6.92 Å². The van der Waals surface area contributed by atoms with Crippen LogP contribution in [0.3, 0.4) is 0 Å². The molecule has 0 bridgehead atoms. The van der Waals surface area contributed by atoms with Crippen LogP contribution in [-0.4, -0.2) is 29.0 Å². The maximum absolute atomic E-state index is 14.5. The molecule has 5 nitrogen and oxygen atoms in total. The predicted molar refractivity (Wildman–Crippen MR) is 80.4 cm³/mol. The van der Waals surface area contributed by atoms with Gasteiger partial charge in [-0.2, -0.15) is 0 Å². The largest absolute Gasteiger partial charge is 0.465 e. The second-order valence-corrected chi connectivity index (χ2v) is 4.69. The zero-order valence-electron chi connectivity index (χ0n) is 12.0. The fourth-order valence-electron chi connectivity index (χ4n) is 2.14. The number of benzene rings is 1. The number of carbonyl (C=O) groups is 2. The summed E-state index contributed by atoms with van der Waals surface area (Å²) in [6.07, 6.45) is 0.659. The number of hydrogen-bond acceptors (Lipinski definition) is 3. The monoisotopic (exact) mass is 302 g/mol. The van der Waals surface area contributed by atoms with Crippen molar-refractivity contribution in [2.75, 3.05) is 11.4 Å². The molecule has 1 amide bonds. The molecule has 0 fully saturated rings. The molecule has 1 aromatic carbocycles. The van der Waals surface area contributed by atoms with E-state index in [0.29, 0.717) is 17.4 Å². The number of rotatable bonds is 5. The van der Waals surface area contributed by atoms with Crippen LogP contribution in [0.4, 0.5) is 15.0 Å². The van der Waals surface area contributed by atoms with Gasteiger partial charge in [0.05, 0.1) is 0 Å². The van der Waals surface area contributed by atoms with Crippen molar-refractivity contribution in [3.63, 3.8) is 0 Å². The Kier molecular flexibility index (Phi) is 4.83. The average Bonchev–Trinajstić information content (AvgIpc) is 2.52. The van der Waals surface area contributed by atoms with Crippen LogP contribution >= 0.6 is 0 Å². The summed E-state index contributed by atoms with van der Waals surface area (Å²) in [5.41, 5.74) is 1.71. The molecule has 0 aliphatic heterocycles. The Morgan fingerprint density at radius 2 is 2.05 bits per heavy atom. The summed E-state index contributed by atoms with van der Waals surface area (Å²) in [5.74, 6) is -0.985. The molecule has 1 aromatic heterocycles. The van der Waals surface area contributed by atoms with Gasteiger partial charge in [0.2, 0.25) is 0 Å². The lowest BCUT2D eigenvalue weighted by Crippen LogP contribution is -2.32. The zero-order valence-corrected chi connectivity index (χ0v) is 12.0. The van der Waals surface area contributed by atoms with E-state index in [-0.39, 0.29) is 18.8 Å². The minimum absolute atomic E-state index is 0.0209. The van der Waals surface area contributed by atoms with E-state index in [2.05, 4.69) is 4.98 Å². The van der Waals surface area contributed by atoms with Gasteiger partial charge in [-0.15, -0.1) is 0 Å². The minimum atomic E-state index is -1.35. The quantitative estimate of drug-likeness (QED) is 0.861. The Bertz CT molecular complexity index is 689. The Labute approximate surface area is 127 Å². The Morgan fingerprint density at radius 1 is 1.36 bits per heavy atom. The van der Waals surface area contributed by atoms with Crippen molar-refractivity contribution in [1.29, 1.82) is 0 Å². The first-order valence-corrected chi connectivity index (χ1v) is 6.71. The Balaban J connectivity index is 2.45. The molecule has 22 heavy (non-hydrogen) atoms. The number of aldehydes is 1. The van der Waals surface area contributed by atoms with Gasteiger partial charge in [-0.3, -0.25) is 4.90 Å². The molecule has 1 heterocycles. The molecule has 0 aliphatic carbocycles. The summed E-state index contributed by atoms with van der Waals surface area (Å²) in [6.45, 7) is 1.44. The standard InChI is InChI=1S/C16H15FN2O3/c1-11-13(12-6-3-2-4-7-12)10-18-15(14(11)17)19(16(21)22)8-5-9-20/h2-4,6-7,9-10H,5,8H2,1H3,(H,21,22). The van der Waals surface area contributed by atoms with E-state index < -0.39 is 11.9 Å². The predicted octanol–water partition coefficient (Wildman–Crippen LogP) is 3.27. The van der Waals surface area contributed by atoms with Crippen molar-refractivity contribution in [3.8, 4) is 11.1 Å². The topological polar surface area (TPSA) is 70.5 Å². The van der Waals surface area contributed by atoms with Crippen LogP contribution in [0, 0.1) is 12.7 Å². The molecule has 0 unspecified atom stereocenters. The molecule has 2 aromatic rings. The third-order valence-electron chi connectivity index (χ3n) is 3.29. The van der Waals surface area contributed by atoms with E-state index in [9.17, 15) is 14.0 Å². The number of amides is 1. The molecule has 2 rings (SSSR count). The number of anilines is 1. The zero-order chi connectivity index (χ0) is 16.1. The lowest BCUT2D eigenvalue weighted by molar-refractivity contribution is -0.107. The fraction of sp³-hybridized carbons (Fsp3) is 0.188. The van der Waals surface area contributed by atoms with E-state index in [1.807, 2.05) is 30.3 Å². The van der Waals surface area contributed by atoms with Crippen LogP contribution in [0.5, 0.6) is 0 Å². The van der Waals surface area contributed by atoms with Crippen LogP contribution in [0.15, 0.2) is 36.5 Å². The van der Waals surface area contributed by atoms with Gasteiger partial charge < -0.3 is 9.90 Å². The molecule has 0 atom stereocenters. The number of nitrogens with zero attached hydrogens (tertiary/aromatic N) is 2. The highest BCUT2D eigenvalue weighted by atomic mass is 19.1. The highest BCUT2D eigenvalue weighted by Gasteiger charge is 2.22. The Hall–Kier alpha value is -2.76. The molecule has 6 heteroatoms. The normalized spacial score (nSPS) is 10.3. The molecular weight excluding hydrogens is 287 g/mol. The van der Waals surface area contributed by atoms with Crippen molar-refractivity contribution in [2.24, 2.45) is 0 Å². The lowest BCUT2D eigenvalue weighted by Gasteiger charge is -2.19. The molecule has 1 N–H and O–H groups in total. The smallest absolute Gasteiger partial charge is 0.413 e. The SMILES string of the molecule is Cc1c(-c2ccccc2)cnc(N(CCC=O)C(=O)O)c1F. The maximum Gasteiger partial charge on any atom is 0.413 e. The van der Waals surface area contributed by atoms with E-state index in [1.165, 1.54) is 6.20 Å². The molecular formula is C16H15FN2O3. The lowest BCUT2D eigenvalue weighted by atomic mass is 10.0. The first-order valence-electron chi connectivity index (χ1n) is 6.71. The van der Waals surface area contributed by atoms with Crippen LogP contribution in [-0.2, 0) is 4.79 Å². The summed E-state index contributed by atoms with van der Waals surface area (Å²) < 4.78 is 14.5. The number of aromatic nitrogens is 1. The van der Waals surface area contributed by atoms with Crippen molar-refractivity contribution in [3.05, 3.63) is 47.9 Å². The highest BCUT2D eigenvalue weighted by Crippen LogP contribution is 2.29. The summed E-state index contributed by atoms with van der Waals surface area (Å²) in [6, 6.07) is 9.15. The van der Waals surface area contributed by atoms with Gasteiger partial charge >= 0.3 is 6.09 Å². The van der Waals surface area contributed by atoms with Gasteiger partial charge in [-0.1, -0.05) is 30.3 Å². The fourth-order valence-corrected chi connectivity index (χ4v) is 2.14. The number of carboxylic acid groups (broad SMARTS) is 1. The maximum atomic E-state index is 14.5. The first kappa shape index (κ1) is 15.6. The second kappa shape index (κ2) is 6.80. The van der Waals surface area contributed by atoms with Crippen molar-refractivity contribution < 1.29 is 19.1 Å². The van der Waals surface area contributed by atoms with Gasteiger partial charge in [0.25, 0.3) is 0 Å². The first-order chi connectivity index (χ1) is 10.6. The van der Waals surface area contributed by atoms with Crippen LogP contribution in [0.25, 0.3) is 11.1 Å². The van der Waals surface area contributed by atoms with Gasteiger partial charge in [-0.05, 0) is 18.1 Å². The second-order valence-electron chi connectivity index (χ2n) is 4.69. The van der Waals surface area contributed by atoms with Gasteiger partial charge in [-0.25, -0.2) is 14.2 Å². The summed E-state index contributed by atoms with van der Waals surface area (Å²) >= 11 is 0. The van der Waals surface area contributed by atoms with Gasteiger partial charge in [0.1, 0.15) is 6.29 Å². The van der Waals surface area contributed by atoms with Crippen molar-refractivity contribution >= 4 is 18.2 Å². The number of halogens is 1. The molecule has 0 saturated heterocycles. The van der Waals surface area contributed by atoms with Gasteiger partial charge in [0, 0.05) is 24.7 Å². The van der Waals surface area contributed by atoms with Crippen molar-refractivity contribution in [2.45, 2.75) is 13.3 Å². The highest BCUT2D eigenvalue weighted by molar-refractivity contribution is 5.86. The molecule has 0 radical (unpaired) electrons. The number of pyridine rings is 1. The van der Waals surface area contributed by atoms with E-state index in [4.69, 9.17) is 5.11 Å². The van der Waals surface area contributed by atoms with E-state index >= 15 is 0 Å². The van der Waals surface area contributed by atoms with Crippen molar-refractivity contribution in [1.82, 2.24) is 4.98 Å². The molecule has 0 saturated carbocycles. The third-order valence-corrected chi connectivity index (χ3v) is 3.29. The average molecular weight is 302 g/mol. The summed E-state index contributed by atoms with van der Waals surface area (Å²) in [5, 5.41) is 9.16. The Morgan fingerprint density at radius 3 is 2.64 bits per heavy atom. The number of hydrogen-bond donors (Lipinski definition) is 1. The van der Waals surface area contributed by atoms with Crippen LogP contribution < -0.4 is 4.90 Å². The van der Waals surface area contributed by atoms with Crippen LogP contribution in [0.2, 0.25) is 0 Å². The molecule has 0 spiro atoms. The van der Waals surface area contributed by atoms with Crippen LogP contribution in [0.1, 0.15) is 12.0 Å². The summed E-state index contributed by atoms with van der Waals surface area (Å²) in [7, 11) is 0. The minimum Gasteiger partial charge on any atom is -0.465 e. The molecule has 114 valence electrons. The van der Waals surface area contributed by atoms with Gasteiger partial charge in [0.15, 0.2) is 11.6 Å². The third kappa shape index (κ3) is 3.11. The van der Waals surface area contributed by atoms with E-state index in [0.717, 1.165) is 10.5 Å².